The molecule has 0 unspecified atom stereocenters. The Morgan fingerprint density at radius 3 is 2.72 bits per heavy atom. The minimum Gasteiger partial charge on any atom is -0.493 e. The van der Waals surface area contributed by atoms with Gasteiger partial charge in [0.1, 0.15) is 12.7 Å². The number of methoxy groups -OCH3 is 1. The zero-order valence-corrected chi connectivity index (χ0v) is 20.0. The molecule has 0 spiro atoms. The molecule has 0 amide bonds. The number of rotatable bonds is 7. The lowest BCUT2D eigenvalue weighted by atomic mass is 10.2. The van der Waals surface area contributed by atoms with E-state index in [0.717, 1.165) is 25.7 Å². The Hall–Kier alpha value is -2.69. The smallest absolute Gasteiger partial charge is 0.161 e. The highest BCUT2D eigenvalue weighted by atomic mass is 35.5. The molecule has 0 saturated heterocycles. The van der Waals surface area contributed by atoms with Gasteiger partial charge in [-0.1, -0.05) is 47.5 Å². The molecule has 0 aliphatic heterocycles. The molecule has 0 aliphatic rings. The predicted octanol–water partition coefficient (Wildman–Crippen LogP) is 7.85. The molecule has 8 heteroatoms. The highest BCUT2D eigenvalue weighted by Gasteiger charge is 2.10. The topological polar surface area (TPSA) is 55.1 Å². The van der Waals surface area contributed by atoms with Crippen LogP contribution < -0.4 is 9.47 Å². The SMILES string of the molecule is COc1cc(C=C(C#N)Sc2nc3ccccc3s2)ccc1OCc1ccc(Cl)cc1Cl. The van der Waals surface area contributed by atoms with Crippen LogP contribution in [0, 0.1) is 11.3 Å². The number of allylic oxidation sites excluding steroid dienone is 1. The molecule has 0 atom stereocenters. The number of thiazole rings is 1. The van der Waals surface area contributed by atoms with Crippen LogP contribution in [0.4, 0.5) is 0 Å². The van der Waals surface area contributed by atoms with Crippen molar-refractivity contribution in [1.29, 1.82) is 5.26 Å². The number of fused-ring (bicyclic) bond motifs is 1. The number of benzene rings is 3. The number of aromatic nitrogens is 1. The Morgan fingerprint density at radius 2 is 1.97 bits per heavy atom. The van der Waals surface area contributed by atoms with Crippen LogP contribution in [0.15, 0.2) is 69.9 Å². The van der Waals surface area contributed by atoms with Crippen molar-refractivity contribution in [2.75, 3.05) is 7.11 Å². The van der Waals surface area contributed by atoms with Crippen molar-refractivity contribution in [3.05, 3.63) is 86.7 Å². The van der Waals surface area contributed by atoms with Gasteiger partial charge in [-0.05, 0) is 59.8 Å². The van der Waals surface area contributed by atoms with Gasteiger partial charge in [-0.25, -0.2) is 4.98 Å². The Kier molecular flexibility index (Phi) is 7.23. The molecule has 32 heavy (non-hydrogen) atoms. The number of hydrogen-bond acceptors (Lipinski definition) is 6. The number of nitrogens with zero attached hydrogens (tertiary/aromatic N) is 2. The van der Waals surface area contributed by atoms with Gasteiger partial charge in [0.2, 0.25) is 0 Å². The molecule has 1 aromatic heterocycles. The summed E-state index contributed by atoms with van der Waals surface area (Å²) >= 11 is 15.1. The summed E-state index contributed by atoms with van der Waals surface area (Å²) in [4.78, 5) is 5.12. The molecule has 0 saturated carbocycles. The summed E-state index contributed by atoms with van der Waals surface area (Å²) in [7, 11) is 1.58. The molecule has 0 fully saturated rings. The number of ether oxygens (including phenoxy) is 2. The third-order valence-corrected chi connectivity index (χ3v) is 7.08. The Bertz CT molecular complexity index is 1310. The van der Waals surface area contributed by atoms with E-state index in [1.165, 1.54) is 11.8 Å². The van der Waals surface area contributed by atoms with Gasteiger partial charge in [0.25, 0.3) is 0 Å². The summed E-state index contributed by atoms with van der Waals surface area (Å²) in [5, 5.41) is 10.7. The van der Waals surface area contributed by atoms with Crippen LogP contribution in [0.25, 0.3) is 16.3 Å². The molecule has 4 nitrogen and oxygen atoms in total. The number of halogens is 2. The van der Waals surface area contributed by atoms with Gasteiger partial charge in [0.05, 0.1) is 22.2 Å². The van der Waals surface area contributed by atoms with Crippen molar-refractivity contribution < 1.29 is 9.47 Å². The Balaban J connectivity index is 1.51. The molecule has 0 N–H and O–H groups in total. The fourth-order valence-corrected chi connectivity index (χ4v) is 5.35. The van der Waals surface area contributed by atoms with Crippen LogP contribution in [0.1, 0.15) is 11.1 Å². The normalized spacial score (nSPS) is 11.4. The maximum absolute atomic E-state index is 9.62. The number of nitriles is 1. The fourth-order valence-electron chi connectivity index (χ4n) is 2.91. The van der Waals surface area contributed by atoms with E-state index in [2.05, 4.69) is 11.1 Å². The molecule has 0 radical (unpaired) electrons. The minimum absolute atomic E-state index is 0.276. The van der Waals surface area contributed by atoms with E-state index in [4.69, 9.17) is 32.7 Å². The first-order chi connectivity index (χ1) is 15.6. The lowest BCUT2D eigenvalue weighted by Gasteiger charge is -2.12. The standard InChI is InChI=1S/C24H16Cl2N2O2S2/c1-29-22-11-15(6-9-21(22)30-14-16-7-8-17(25)12-19(16)26)10-18(13-27)31-24-28-20-4-2-3-5-23(20)32-24/h2-12H,14H2,1H3. The first-order valence-corrected chi connectivity index (χ1v) is 11.8. The van der Waals surface area contributed by atoms with Gasteiger partial charge in [0.15, 0.2) is 15.8 Å². The van der Waals surface area contributed by atoms with Crippen LogP contribution in [0.3, 0.4) is 0 Å². The van der Waals surface area contributed by atoms with Gasteiger partial charge >= 0.3 is 0 Å². The number of thioether (sulfide) groups is 1. The molecule has 1 heterocycles. The fraction of sp³-hybridized carbons (Fsp3) is 0.0833. The van der Waals surface area contributed by atoms with E-state index in [1.807, 2.05) is 48.5 Å². The summed E-state index contributed by atoms with van der Waals surface area (Å²) in [6.07, 6.45) is 1.80. The molecule has 0 aliphatic carbocycles. The van der Waals surface area contributed by atoms with Crippen LogP contribution in [-0.4, -0.2) is 12.1 Å². The lowest BCUT2D eigenvalue weighted by Crippen LogP contribution is -1.98. The average Bonchev–Trinajstić information content (AvgIpc) is 3.21. The largest absolute Gasteiger partial charge is 0.493 e. The van der Waals surface area contributed by atoms with E-state index < -0.39 is 0 Å². The van der Waals surface area contributed by atoms with E-state index in [1.54, 1.807) is 36.7 Å². The lowest BCUT2D eigenvalue weighted by molar-refractivity contribution is 0.284. The highest BCUT2D eigenvalue weighted by Crippen LogP contribution is 2.36. The predicted molar refractivity (Wildman–Crippen MR) is 133 cm³/mol. The molecule has 4 rings (SSSR count). The second-order valence-electron chi connectivity index (χ2n) is 6.60. The summed E-state index contributed by atoms with van der Waals surface area (Å²) < 4.78 is 13.3. The molecule has 160 valence electrons. The summed E-state index contributed by atoms with van der Waals surface area (Å²) in [5.41, 5.74) is 2.58. The molecular weight excluding hydrogens is 483 g/mol. The maximum Gasteiger partial charge on any atom is 0.161 e. The van der Waals surface area contributed by atoms with Crippen LogP contribution in [-0.2, 0) is 6.61 Å². The second kappa shape index (κ2) is 10.3. The van der Waals surface area contributed by atoms with Crippen molar-refractivity contribution >= 4 is 62.6 Å². The van der Waals surface area contributed by atoms with Gasteiger partial charge in [-0.2, -0.15) is 5.26 Å². The van der Waals surface area contributed by atoms with Crippen molar-refractivity contribution in [3.63, 3.8) is 0 Å². The van der Waals surface area contributed by atoms with Gasteiger partial charge in [-0.3, -0.25) is 0 Å². The van der Waals surface area contributed by atoms with Gasteiger partial charge < -0.3 is 9.47 Å². The van der Waals surface area contributed by atoms with Crippen LogP contribution in [0.5, 0.6) is 11.5 Å². The molecular formula is C24H16Cl2N2O2S2. The summed E-state index contributed by atoms with van der Waals surface area (Å²) in [5.74, 6) is 1.14. The van der Waals surface area contributed by atoms with Crippen LogP contribution >= 0.6 is 46.3 Å². The van der Waals surface area contributed by atoms with Gasteiger partial charge in [-0.15, -0.1) is 11.3 Å². The number of hydrogen-bond donors (Lipinski definition) is 0. The maximum atomic E-state index is 9.62. The Labute approximate surface area is 204 Å². The molecule has 3 aromatic carbocycles. The summed E-state index contributed by atoms with van der Waals surface area (Å²) in [6, 6.07) is 21.0. The van der Waals surface area contributed by atoms with Crippen LogP contribution in [0.2, 0.25) is 10.0 Å². The summed E-state index contributed by atoms with van der Waals surface area (Å²) in [6.45, 7) is 0.276. The third kappa shape index (κ3) is 5.37. The number of para-hydroxylation sites is 1. The molecule has 0 bridgehead atoms. The zero-order chi connectivity index (χ0) is 22.5. The van der Waals surface area contributed by atoms with Crippen molar-refractivity contribution in [3.8, 4) is 17.6 Å². The van der Waals surface area contributed by atoms with E-state index >= 15 is 0 Å². The third-order valence-electron chi connectivity index (χ3n) is 4.47. The first kappa shape index (κ1) is 22.5. The van der Waals surface area contributed by atoms with E-state index in [0.29, 0.717) is 26.4 Å². The molecule has 4 aromatic rings. The van der Waals surface area contributed by atoms with Crippen molar-refractivity contribution in [2.45, 2.75) is 10.9 Å². The van der Waals surface area contributed by atoms with E-state index in [-0.39, 0.29) is 6.61 Å². The monoisotopic (exact) mass is 498 g/mol. The zero-order valence-electron chi connectivity index (χ0n) is 16.8. The first-order valence-electron chi connectivity index (χ1n) is 9.45. The minimum atomic E-state index is 0.276. The Morgan fingerprint density at radius 1 is 1.12 bits per heavy atom. The quantitative estimate of drug-likeness (QED) is 0.191. The second-order valence-corrected chi connectivity index (χ2v) is 9.77. The van der Waals surface area contributed by atoms with Gasteiger partial charge in [0, 0.05) is 15.6 Å². The van der Waals surface area contributed by atoms with Crippen molar-refractivity contribution in [1.82, 2.24) is 4.98 Å². The van der Waals surface area contributed by atoms with Crippen molar-refractivity contribution in [2.24, 2.45) is 0 Å². The van der Waals surface area contributed by atoms with E-state index in [9.17, 15) is 5.26 Å². The average molecular weight is 499 g/mol. The highest BCUT2D eigenvalue weighted by molar-refractivity contribution is 8.05.